The summed E-state index contributed by atoms with van der Waals surface area (Å²) in [5, 5.41) is 0. The summed E-state index contributed by atoms with van der Waals surface area (Å²) < 4.78 is 11.6. The second-order valence-corrected chi connectivity index (χ2v) is 6.81. The van der Waals surface area contributed by atoms with E-state index in [9.17, 15) is 0 Å². The van der Waals surface area contributed by atoms with Crippen molar-refractivity contribution in [1.29, 1.82) is 0 Å². The number of hydrogen-bond donors (Lipinski definition) is 0. The Morgan fingerprint density at radius 3 is 1.19 bits per heavy atom. The van der Waals surface area contributed by atoms with Gasteiger partial charge in [-0.1, -0.05) is 63.8 Å². The molecule has 2 nitrogen and oxygen atoms in total. The molecule has 0 bridgehead atoms. The molecule has 0 saturated carbocycles. The Morgan fingerprint density at radius 1 is 0.500 bits per heavy atom. The standard InChI is InChI=1S/C24H34O2/c1-3-21-11-15-23(16-12-21)25-19-9-7-5-6-8-10-20-26-24-17-13-22(4-2)14-18-24/h11-18H,3-10,19-20H2,1-2H3. The minimum Gasteiger partial charge on any atom is -0.494 e. The Balaban J connectivity index is 1.41. The third kappa shape index (κ3) is 7.95. The highest BCUT2D eigenvalue weighted by Crippen LogP contribution is 2.15. The monoisotopic (exact) mass is 354 g/mol. The van der Waals surface area contributed by atoms with Gasteiger partial charge in [-0.2, -0.15) is 0 Å². The van der Waals surface area contributed by atoms with E-state index in [4.69, 9.17) is 9.47 Å². The molecule has 0 N–H and O–H groups in total. The summed E-state index contributed by atoms with van der Waals surface area (Å²) in [6, 6.07) is 16.9. The van der Waals surface area contributed by atoms with Gasteiger partial charge in [0.05, 0.1) is 13.2 Å². The molecule has 0 heterocycles. The van der Waals surface area contributed by atoms with Crippen LogP contribution in [-0.4, -0.2) is 13.2 Å². The van der Waals surface area contributed by atoms with Crippen LogP contribution in [0.25, 0.3) is 0 Å². The molecule has 0 unspecified atom stereocenters. The fourth-order valence-electron chi connectivity index (χ4n) is 2.93. The second kappa shape index (κ2) is 12.4. The molecular weight excluding hydrogens is 320 g/mol. The van der Waals surface area contributed by atoms with Gasteiger partial charge in [-0.25, -0.2) is 0 Å². The number of benzene rings is 2. The van der Waals surface area contributed by atoms with Crippen molar-refractivity contribution < 1.29 is 9.47 Å². The van der Waals surface area contributed by atoms with Crippen LogP contribution in [0.4, 0.5) is 0 Å². The summed E-state index contributed by atoms with van der Waals surface area (Å²) in [5.41, 5.74) is 2.72. The van der Waals surface area contributed by atoms with E-state index in [-0.39, 0.29) is 0 Å². The van der Waals surface area contributed by atoms with Crippen molar-refractivity contribution in [2.24, 2.45) is 0 Å². The third-order valence-electron chi connectivity index (χ3n) is 4.74. The quantitative estimate of drug-likeness (QED) is 0.377. The molecule has 0 aliphatic carbocycles. The maximum Gasteiger partial charge on any atom is 0.119 e. The van der Waals surface area contributed by atoms with Crippen molar-refractivity contribution >= 4 is 0 Å². The summed E-state index contributed by atoms with van der Waals surface area (Å²) in [6.07, 6.45) is 9.48. The van der Waals surface area contributed by atoms with Gasteiger partial charge >= 0.3 is 0 Å². The zero-order chi connectivity index (χ0) is 18.5. The molecule has 2 aromatic rings. The number of unbranched alkanes of at least 4 members (excludes halogenated alkanes) is 5. The molecule has 2 rings (SSSR count). The van der Waals surface area contributed by atoms with Gasteiger partial charge in [-0.3, -0.25) is 0 Å². The van der Waals surface area contributed by atoms with E-state index in [0.717, 1.165) is 50.4 Å². The molecule has 2 aromatic carbocycles. The highest BCUT2D eigenvalue weighted by atomic mass is 16.5. The second-order valence-electron chi connectivity index (χ2n) is 6.81. The SMILES string of the molecule is CCc1ccc(OCCCCCCCCOc2ccc(CC)cc2)cc1. The van der Waals surface area contributed by atoms with E-state index >= 15 is 0 Å². The van der Waals surface area contributed by atoms with E-state index < -0.39 is 0 Å². The van der Waals surface area contributed by atoms with Crippen LogP contribution in [0.3, 0.4) is 0 Å². The van der Waals surface area contributed by atoms with E-state index in [0.29, 0.717) is 0 Å². The Kier molecular flexibility index (Phi) is 9.71. The van der Waals surface area contributed by atoms with Gasteiger partial charge in [0.15, 0.2) is 0 Å². The van der Waals surface area contributed by atoms with E-state index in [1.54, 1.807) is 0 Å². The minimum atomic E-state index is 0.822. The number of aryl methyl sites for hydroxylation is 2. The third-order valence-corrected chi connectivity index (χ3v) is 4.74. The van der Waals surface area contributed by atoms with Crippen LogP contribution in [0.15, 0.2) is 48.5 Å². The Morgan fingerprint density at radius 2 is 0.846 bits per heavy atom. The van der Waals surface area contributed by atoms with Gasteiger partial charge in [0.1, 0.15) is 11.5 Å². The molecule has 0 radical (unpaired) electrons. The average Bonchev–Trinajstić information content (AvgIpc) is 2.70. The molecule has 0 saturated heterocycles. The van der Waals surface area contributed by atoms with Crippen molar-refractivity contribution in [1.82, 2.24) is 0 Å². The Hall–Kier alpha value is -1.96. The van der Waals surface area contributed by atoms with E-state index in [2.05, 4.69) is 62.4 Å². The molecule has 0 spiro atoms. The largest absolute Gasteiger partial charge is 0.494 e. The first-order valence-electron chi connectivity index (χ1n) is 10.2. The highest BCUT2D eigenvalue weighted by Gasteiger charge is 1.97. The van der Waals surface area contributed by atoms with E-state index in [1.165, 1.54) is 36.8 Å². The Labute approximate surface area is 159 Å². The summed E-state index contributed by atoms with van der Waals surface area (Å²) in [7, 11) is 0. The lowest BCUT2D eigenvalue weighted by Crippen LogP contribution is -1.98. The van der Waals surface area contributed by atoms with Crippen LogP contribution in [0.2, 0.25) is 0 Å². The van der Waals surface area contributed by atoms with Crippen molar-refractivity contribution in [3.63, 3.8) is 0 Å². The number of hydrogen-bond acceptors (Lipinski definition) is 2. The van der Waals surface area contributed by atoms with Crippen molar-refractivity contribution in [3.05, 3.63) is 59.7 Å². The van der Waals surface area contributed by atoms with Crippen LogP contribution in [0, 0.1) is 0 Å². The molecular formula is C24H34O2. The Bertz CT molecular complexity index is 531. The molecule has 142 valence electrons. The van der Waals surface area contributed by atoms with Gasteiger partial charge in [0, 0.05) is 0 Å². The lowest BCUT2D eigenvalue weighted by atomic mass is 10.1. The van der Waals surface area contributed by atoms with Gasteiger partial charge in [0.2, 0.25) is 0 Å². The molecule has 0 atom stereocenters. The van der Waals surface area contributed by atoms with E-state index in [1.807, 2.05) is 0 Å². The first-order chi connectivity index (χ1) is 12.8. The summed E-state index contributed by atoms with van der Waals surface area (Å²) in [4.78, 5) is 0. The van der Waals surface area contributed by atoms with Gasteiger partial charge < -0.3 is 9.47 Å². The number of ether oxygens (including phenoxy) is 2. The lowest BCUT2D eigenvalue weighted by molar-refractivity contribution is 0.297. The maximum absolute atomic E-state index is 5.80. The van der Waals surface area contributed by atoms with Crippen molar-refractivity contribution in [2.45, 2.75) is 65.2 Å². The molecule has 26 heavy (non-hydrogen) atoms. The lowest BCUT2D eigenvalue weighted by Gasteiger charge is -2.08. The zero-order valence-electron chi connectivity index (χ0n) is 16.5. The molecule has 0 aromatic heterocycles. The minimum absolute atomic E-state index is 0.822. The highest BCUT2D eigenvalue weighted by molar-refractivity contribution is 5.27. The smallest absolute Gasteiger partial charge is 0.119 e. The molecule has 0 aliphatic rings. The number of rotatable bonds is 13. The fraction of sp³-hybridized carbons (Fsp3) is 0.500. The summed E-state index contributed by atoms with van der Waals surface area (Å²) in [6.45, 7) is 5.99. The summed E-state index contributed by atoms with van der Waals surface area (Å²) >= 11 is 0. The van der Waals surface area contributed by atoms with Crippen LogP contribution in [0.1, 0.15) is 63.5 Å². The molecule has 2 heteroatoms. The predicted molar refractivity (Wildman–Crippen MR) is 110 cm³/mol. The van der Waals surface area contributed by atoms with Crippen LogP contribution < -0.4 is 9.47 Å². The molecule has 0 amide bonds. The first-order valence-corrected chi connectivity index (χ1v) is 10.2. The van der Waals surface area contributed by atoms with Crippen LogP contribution in [0.5, 0.6) is 11.5 Å². The maximum atomic E-state index is 5.80. The zero-order valence-corrected chi connectivity index (χ0v) is 16.5. The van der Waals surface area contributed by atoms with Crippen LogP contribution in [-0.2, 0) is 12.8 Å². The first kappa shape index (κ1) is 20.4. The summed E-state index contributed by atoms with van der Waals surface area (Å²) in [5.74, 6) is 1.98. The topological polar surface area (TPSA) is 18.5 Å². The average molecular weight is 355 g/mol. The van der Waals surface area contributed by atoms with Gasteiger partial charge in [-0.05, 0) is 61.1 Å². The van der Waals surface area contributed by atoms with Crippen molar-refractivity contribution in [2.75, 3.05) is 13.2 Å². The molecule has 0 fully saturated rings. The van der Waals surface area contributed by atoms with Crippen LogP contribution >= 0.6 is 0 Å². The molecule has 0 aliphatic heterocycles. The van der Waals surface area contributed by atoms with Crippen molar-refractivity contribution in [3.8, 4) is 11.5 Å². The van der Waals surface area contributed by atoms with Gasteiger partial charge in [-0.15, -0.1) is 0 Å². The normalized spacial score (nSPS) is 10.7. The fourth-order valence-corrected chi connectivity index (χ4v) is 2.93. The predicted octanol–water partition coefficient (Wildman–Crippen LogP) is 6.61. The van der Waals surface area contributed by atoms with Gasteiger partial charge in [0.25, 0.3) is 0 Å².